The normalized spacial score (nSPS) is 13.4. The highest BCUT2D eigenvalue weighted by atomic mass is 31.1. The average molecular weight is 656 g/mol. The monoisotopic (exact) mass is 655 g/mol. The van der Waals surface area contributed by atoms with E-state index in [1.807, 2.05) is 72.8 Å². The topological polar surface area (TPSA) is 60.9 Å². The van der Waals surface area contributed by atoms with E-state index in [1.54, 1.807) is 14.7 Å². The third kappa shape index (κ3) is 9.08. The van der Waals surface area contributed by atoms with Gasteiger partial charge < -0.3 is 14.7 Å². The number of hydrogen-bond donors (Lipinski definition) is 0. The van der Waals surface area contributed by atoms with Gasteiger partial charge in [-0.3, -0.25) is 14.4 Å². The van der Waals surface area contributed by atoms with Crippen LogP contribution in [0.5, 0.6) is 0 Å². The van der Waals surface area contributed by atoms with E-state index in [0.717, 1.165) is 0 Å². The smallest absolute Gasteiger partial charge is 0.225 e. The van der Waals surface area contributed by atoms with E-state index in [9.17, 15) is 14.4 Å². The molecule has 1 atom stereocenters. The molecule has 1 heterocycles. The van der Waals surface area contributed by atoms with Gasteiger partial charge in [-0.2, -0.15) is 0 Å². The van der Waals surface area contributed by atoms with Crippen LogP contribution in [-0.2, 0) is 14.4 Å². The zero-order chi connectivity index (χ0) is 31.4. The number of carbonyl (C=O) groups excluding carboxylic acids is 3. The fourth-order valence-corrected chi connectivity index (χ4v) is 10.3. The molecule has 9 heteroatoms. The van der Waals surface area contributed by atoms with Crippen LogP contribution < -0.4 is 21.2 Å². The molecule has 0 saturated carbocycles. The van der Waals surface area contributed by atoms with Crippen LogP contribution in [0.3, 0.4) is 0 Å². The van der Waals surface area contributed by atoms with Crippen LogP contribution in [0.25, 0.3) is 0 Å². The first-order valence-electron chi connectivity index (χ1n) is 15.3. The first-order chi connectivity index (χ1) is 22.0. The molecule has 6 nitrogen and oxygen atoms in total. The minimum Gasteiger partial charge on any atom is -0.307 e. The van der Waals surface area contributed by atoms with Crippen LogP contribution in [0, 0.1) is 0 Å². The summed E-state index contributed by atoms with van der Waals surface area (Å²) >= 11 is 0. The van der Waals surface area contributed by atoms with Gasteiger partial charge in [-0.25, -0.2) is 0 Å². The Kier molecular flexibility index (Phi) is 12.3. The predicted molar refractivity (Wildman–Crippen MR) is 191 cm³/mol. The number of nitrogens with zero attached hydrogens (tertiary/aromatic N) is 3. The Morgan fingerprint density at radius 1 is 0.467 bits per heavy atom. The summed E-state index contributed by atoms with van der Waals surface area (Å²) in [7, 11) is 1.15. The standard InChI is InChI=1S/C36H40N3O3P3/c40-34(21-24-43)37-27-38(35(41)22-25-44(30-13-5-1-6-14-30)31-15-7-2-8-16-31)29-39(28-37)36(42)23-26-45(32-17-9-3-10-18-32)33-19-11-4-12-20-33/h1-20H,21-29,43H2. The van der Waals surface area contributed by atoms with Crippen molar-refractivity contribution in [1.29, 1.82) is 0 Å². The van der Waals surface area contributed by atoms with Gasteiger partial charge in [0.2, 0.25) is 17.7 Å². The highest BCUT2D eigenvalue weighted by Gasteiger charge is 2.32. The van der Waals surface area contributed by atoms with Crippen molar-refractivity contribution in [3.8, 4) is 0 Å². The summed E-state index contributed by atoms with van der Waals surface area (Å²) in [5.41, 5.74) is 0. The summed E-state index contributed by atoms with van der Waals surface area (Å²) in [5, 5.41) is 4.92. The molecule has 0 bridgehead atoms. The van der Waals surface area contributed by atoms with Gasteiger partial charge in [-0.1, -0.05) is 121 Å². The van der Waals surface area contributed by atoms with Gasteiger partial charge in [0.1, 0.15) is 0 Å². The van der Waals surface area contributed by atoms with Gasteiger partial charge in [-0.15, -0.1) is 9.24 Å². The van der Waals surface area contributed by atoms with Gasteiger partial charge >= 0.3 is 0 Å². The highest BCUT2D eigenvalue weighted by Crippen LogP contribution is 2.35. The number of carbonyl (C=O) groups is 3. The Morgan fingerprint density at radius 3 is 1.00 bits per heavy atom. The van der Waals surface area contributed by atoms with E-state index >= 15 is 0 Å². The van der Waals surface area contributed by atoms with Gasteiger partial charge in [0.15, 0.2) is 0 Å². The van der Waals surface area contributed by atoms with Crippen LogP contribution in [0.1, 0.15) is 19.3 Å². The number of rotatable bonds is 12. The molecule has 232 valence electrons. The third-order valence-electron chi connectivity index (χ3n) is 7.81. The molecule has 4 aromatic carbocycles. The first kappa shape index (κ1) is 33.0. The first-order valence-corrected chi connectivity index (χ1v) is 19.2. The van der Waals surface area contributed by atoms with Crippen molar-refractivity contribution in [2.24, 2.45) is 0 Å². The minimum atomic E-state index is -0.724. The molecule has 3 amide bonds. The second-order valence-electron chi connectivity index (χ2n) is 10.9. The fourth-order valence-electron chi connectivity index (χ4n) is 5.48. The maximum absolute atomic E-state index is 13.8. The second-order valence-corrected chi connectivity index (χ2v) is 16.2. The third-order valence-corrected chi connectivity index (χ3v) is 13.1. The Labute approximate surface area is 271 Å². The van der Waals surface area contributed by atoms with E-state index < -0.39 is 15.8 Å². The summed E-state index contributed by atoms with van der Waals surface area (Å²) in [6.07, 6.45) is 3.08. The van der Waals surface area contributed by atoms with Gasteiger partial charge in [0.05, 0.1) is 20.0 Å². The lowest BCUT2D eigenvalue weighted by Crippen LogP contribution is -2.59. The van der Waals surface area contributed by atoms with Crippen LogP contribution >= 0.6 is 25.1 Å². The summed E-state index contributed by atoms with van der Waals surface area (Å²) in [4.78, 5) is 45.6. The molecule has 4 aromatic rings. The molecule has 1 unspecified atom stereocenters. The lowest BCUT2D eigenvalue weighted by Gasteiger charge is -2.42. The van der Waals surface area contributed by atoms with E-state index in [1.165, 1.54) is 21.2 Å². The van der Waals surface area contributed by atoms with Gasteiger partial charge in [0, 0.05) is 19.3 Å². The molecule has 5 rings (SSSR count). The molecule has 0 N–H and O–H groups in total. The Hall–Kier alpha value is -3.42. The Balaban J connectivity index is 1.29. The Bertz CT molecular complexity index is 1340. The van der Waals surface area contributed by atoms with Crippen LogP contribution in [0.2, 0.25) is 0 Å². The maximum Gasteiger partial charge on any atom is 0.225 e. The quantitative estimate of drug-likeness (QED) is 0.209. The number of amides is 3. The molecule has 0 aliphatic carbocycles. The molecular weight excluding hydrogens is 615 g/mol. The highest BCUT2D eigenvalue weighted by molar-refractivity contribution is 7.73. The zero-order valence-corrected chi connectivity index (χ0v) is 28.4. The van der Waals surface area contributed by atoms with Crippen molar-refractivity contribution >= 4 is 64.0 Å². The molecule has 0 aromatic heterocycles. The maximum atomic E-state index is 13.8. The van der Waals surface area contributed by atoms with Crippen LogP contribution in [0.4, 0.5) is 0 Å². The lowest BCUT2D eigenvalue weighted by atomic mass is 10.3. The minimum absolute atomic E-state index is 0.0358. The molecule has 1 saturated heterocycles. The average Bonchev–Trinajstić information content (AvgIpc) is 3.10. The van der Waals surface area contributed by atoms with Crippen molar-refractivity contribution < 1.29 is 14.4 Å². The summed E-state index contributed by atoms with van der Waals surface area (Å²) in [5.74, 6) is -0.121. The molecule has 45 heavy (non-hydrogen) atoms. The van der Waals surface area contributed by atoms with E-state index in [0.29, 0.717) is 37.7 Å². The summed E-state index contributed by atoms with van der Waals surface area (Å²) < 4.78 is 0. The van der Waals surface area contributed by atoms with Crippen molar-refractivity contribution in [1.82, 2.24) is 14.7 Å². The largest absolute Gasteiger partial charge is 0.307 e. The second kappa shape index (κ2) is 16.8. The Morgan fingerprint density at radius 2 is 0.733 bits per heavy atom. The molecular formula is C36H40N3O3P3. The van der Waals surface area contributed by atoms with E-state index in [-0.39, 0.29) is 37.7 Å². The zero-order valence-electron chi connectivity index (χ0n) is 25.4. The van der Waals surface area contributed by atoms with Gasteiger partial charge in [-0.05, 0) is 55.5 Å². The fraction of sp³-hybridized carbons (Fsp3) is 0.250. The molecule has 1 aliphatic heterocycles. The van der Waals surface area contributed by atoms with Crippen molar-refractivity contribution in [3.63, 3.8) is 0 Å². The predicted octanol–water partition coefficient (Wildman–Crippen LogP) is 4.67. The van der Waals surface area contributed by atoms with Crippen molar-refractivity contribution in [2.45, 2.75) is 19.3 Å². The number of benzene rings is 4. The lowest BCUT2D eigenvalue weighted by molar-refractivity contribution is -0.158. The summed E-state index contributed by atoms with van der Waals surface area (Å²) in [6.45, 7) is 0.619. The van der Waals surface area contributed by atoms with E-state index in [2.05, 4.69) is 57.8 Å². The SMILES string of the molecule is O=C(CCP)N1CN(C(=O)CCP(c2ccccc2)c2ccccc2)CN(C(=O)CCP(c2ccccc2)c2ccccc2)C1. The molecule has 0 radical (unpaired) electrons. The molecule has 1 fully saturated rings. The van der Waals surface area contributed by atoms with Crippen LogP contribution in [0.15, 0.2) is 121 Å². The molecule has 0 spiro atoms. The van der Waals surface area contributed by atoms with Gasteiger partial charge in [0.25, 0.3) is 0 Å². The molecule has 1 aliphatic rings. The van der Waals surface area contributed by atoms with Crippen molar-refractivity contribution in [2.75, 3.05) is 38.5 Å². The number of hydrogen-bond acceptors (Lipinski definition) is 3. The summed E-state index contributed by atoms with van der Waals surface area (Å²) in [6, 6.07) is 41.4. The van der Waals surface area contributed by atoms with E-state index in [4.69, 9.17) is 0 Å². The van der Waals surface area contributed by atoms with Crippen LogP contribution in [-0.4, -0.2) is 70.9 Å². The van der Waals surface area contributed by atoms with Crippen molar-refractivity contribution in [3.05, 3.63) is 121 Å².